The number of anilines is 1. The Morgan fingerprint density at radius 1 is 1.07 bits per heavy atom. The molecule has 6 nitrogen and oxygen atoms in total. The van der Waals surface area contributed by atoms with Crippen LogP contribution in [-0.2, 0) is 4.79 Å². The Bertz CT molecular complexity index is 801. The van der Waals surface area contributed by atoms with Crippen molar-refractivity contribution in [2.24, 2.45) is 5.92 Å². The molecule has 1 aliphatic carbocycles. The molecule has 1 fully saturated rings. The number of benzene rings is 2. The monoisotopic (exact) mass is 369 g/mol. The van der Waals surface area contributed by atoms with Gasteiger partial charge in [0.1, 0.15) is 0 Å². The molecule has 0 atom stereocenters. The van der Waals surface area contributed by atoms with Crippen LogP contribution in [0.2, 0.25) is 0 Å². The van der Waals surface area contributed by atoms with Gasteiger partial charge in [0.05, 0.1) is 6.61 Å². The number of nitrogens with zero attached hydrogens (tertiary/aromatic N) is 1. The fourth-order valence-corrected chi connectivity index (χ4v) is 2.80. The van der Waals surface area contributed by atoms with Crippen molar-refractivity contribution in [3.8, 4) is 11.5 Å². The molecule has 6 heteroatoms. The van der Waals surface area contributed by atoms with Gasteiger partial charge in [-0.2, -0.15) is 0 Å². The summed E-state index contributed by atoms with van der Waals surface area (Å²) in [6.07, 6.45) is 2.28. The number of aliphatic carboxylic acids is 1. The topological polar surface area (TPSA) is 76.1 Å². The lowest BCUT2D eigenvalue weighted by atomic mass is 10.1. The Hall–Kier alpha value is -3.02. The Morgan fingerprint density at radius 3 is 2.44 bits per heavy atom. The van der Waals surface area contributed by atoms with Crippen LogP contribution in [0.25, 0.3) is 0 Å². The lowest BCUT2D eigenvalue weighted by Crippen LogP contribution is -2.32. The summed E-state index contributed by atoms with van der Waals surface area (Å²) in [6, 6.07) is 14.4. The molecular weight excluding hydrogens is 346 g/mol. The highest BCUT2D eigenvalue weighted by Gasteiger charge is 2.28. The maximum Gasteiger partial charge on any atom is 0.341 e. The number of carboxylic acid groups (broad SMARTS) is 1. The van der Waals surface area contributed by atoms with E-state index in [1.54, 1.807) is 23.1 Å². The summed E-state index contributed by atoms with van der Waals surface area (Å²) in [5.41, 5.74) is 1.34. The fraction of sp³-hybridized carbons (Fsp3) is 0.333. The number of hydrogen-bond donors (Lipinski definition) is 1. The van der Waals surface area contributed by atoms with E-state index in [9.17, 15) is 9.59 Å². The standard InChI is InChI=1S/C21H23NO5/c1-2-26-19-12-16(10-11-18(19)27-14-20(23)24)21(25)22(13-15-8-9-15)17-6-4-3-5-7-17/h3-7,10-12,15H,2,8-9,13-14H2,1H3,(H,23,24). The second kappa shape index (κ2) is 8.58. The van der Waals surface area contributed by atoms with Crippen LogP contribution in [0.15, 0.2) is 48.5 Å². The summed E-state index contributed by atoms with van der Waals surface area (Å²) in [5.74, 6) is 0.0307. The number of carbonyl (C=O) groups is 2. The van der Waals surface area contributed by atoms with E-state index >= 15 is 0 Å². The summed E-state index contributed by atoms with van der Waals surface area (Å²) in [7, 11) is 0. The van der Waals surface area contributed by atoms with Gasteiger partial charge >= 0.3 is 5.97 Å². The molecule has 1 aliphatic rings. The van der Waals surface area contributed by atoms with Crippen LogP contribution < -0.4 is 14.4 Å². The van der Waals surface area contributed by atoms with Gasteiger partial charge in [0.25, 0.3) is 5.91 Å². The molecule has 0 aliphatic heterocycles. The molecule has 1 N–H and O–H groups in total. The second-order valence-electron chi connectivity index (χ2n) is 6.47. The van der Waals surface area contributed by atoms with Crippen molar-refractivity contribution >= 4 is 17.6 Å². The van der Waals surface area contributed by atoms with E-state index in [-0.39, 0.29) is 5.91 Å². The summed E-state index contributed by atoms with van der Waals surface area (Å²) >= 11 is 0. The molecule has 0 radical (unpaired) electrons. The van der Waals surface area contributed by atoms with Crippen molar-refractivity contribution in [3.63, 3.8) is 0 Å². The SMILES string of the molecule is CCOc1cc(C(=O)N(CC2CC2)c2ccccc2)ccc1OCC(=O)O. The van der Waals surface area contributed by atoms with Crippen LogP contribution in [-0.4, -0.2) is 36.7 Å². The third-order valence-corrected chi connectivity index (χ3v) is 4.29. The molecule has 27 heavy (non-hydrogen) atoms. The van der Waals surface area contributed by atoms with E-state index in [0.717, 1.165) is 18.5 Å². The minimum atomic E-state index is -1.07. The van der Waals surface area contributed by atoms with Crippen LogP contribution in [0.3, 0.4) is 0 Å². The van der Waals surface area contributed by atoms with Crippen LogP contribution in [0.5, 0.6) is 11.5 Å². The maximum absolute atomic E-state index is 13.2. The van der Waals surface area contributed by atoms with Gasteiger partial charge in [-0.25, -0.2) is 4.79 Å². The van der Waals surface area contributed by atoms with E-state index < -0.39 is 12.6 Å². The van der Waals surface area contributed by atoms with E-state index in [2.05, 4.69) is 0 Å². The molecule has 0 heterocycles. The Labute approximate surface area is 158 Å². The molecule has 3 rings (SSSR count). The van der Waals surface area contributed by atoms with Crippen molar-refractivity contribution in [2.75, 3.05) is 24.7 Å². The molecule has 0 unspecified atom stereocenters. The molecule has 0 bridgehead atoms. The average molecular weight is 369 g/mol. The smallest absolute Gasteiger partial charge is 0.341 e. The number of para-hydroxylation sites is 1. The van der Waals surface area contributed by atoms with Gasteiger partial charge < -0.3 is 19.5 Å². The van der Waals surface area contributed by atoms with Crippen molar-refractivity contribution in [1.29, 1.82) is 0 Å². The first-order valence-electron chi connectivity index (χ1n) is 9.07. The Balaban J connectivity index is 1.86. The molecule has 0 spiro atoms. The van der Waals surface area contributed by atoms with E-state index in [1.165, 1.54) is 0 Å². The highest BCUT2D eigenvalue weighted by atomic mass is 16.5. The lowest BCUT2D eigenvalue weighted by molar-refractivity contribution is -0.139. The van der Waals surface area contributed by atoms with Gasteiger partial charge in [0.15, 0.2) is 18.1 Å². The van der Waals surface area contributed by atoms with Gasteiger partial charge in [-0.1, -0.05) is 18.2 Å². The lowest BCUT2D eigenvalue weighted by Gasteiger charge is -2.23. The van der Waals surface area contributed by atoms with Crippen molar-refractivity contribution < 1.29 is 24.2 Å². The van der Waals surface area contributed by atoms with Crippen LogP contribution in [0, 0.1) is 5.92 Å². The largest absolute Gasteiger partial charge is 0.490 e. The quantitative estimate of drug-likeness (QED) is 0.731. The minimum absolute atomic E-state index is 0.112. The van der Waals surface area contributed by atoms with Gasteiger partial charge in [-0.3, -0.25) is 4.79 Å². The third kappa shape index (κ3) is 5.00. The number of carbonyl (C=O) groups excluding carboxylic acids is 1. The first-order chi connectivity index (χ1) is 13.1. The number of amides is 1. The molecular formula is C21H23NO5. The number of ether oxygens (including phenoxy) is 2. The molecule has 1 saturated carbocycles. The zero-order valence-electron chi connectivity index (χ0n) is 15.3. The van der Waals surface area contributed by atoms with Gasteiger partial charge in [-0.05, 0) is 56.0 Å². The van der Waals surface area contributed by atoms with Gasteiger partial charge in [-0.15, -0.1) is 0 Å². The zero-order valence-corrected chi connectivity index (χ0v) is 15.3. The minimum Gasteiger partial charge on any atom is -0.490 e. The Kier molecular flexibility index (Phi) is 5.96. The molecule has 1 amide bonds. The van der Waals surface area contributed by atoms with Crippen molar-refractivity contribution in [2.45, 2.75) is 19.8 Å². The highest BCUT2D eigenvalue weighted by molar-refractivity contribution is 6.06. The summed E-state index contributed by atoms with van der Waals surface area (Å²) < 4.78 is 10.8. The van der Waals surface area contributed by atoms with Crippen LogP contribution in [0.4, 0.5) is 5.69 Å². The van der Waals surface area contributed by atoms with Crippen LogP contribution in [0.1, 0.15) is 30.1 Å². The van der Waals surface area contributed by atoms with Crippen molar-refractivity contribution in [3.05, 3.63) is 54.1 Å². The van der Waals surface area contributed by atoms with E-state index in [0.29, 0.717) is 36.1 Å². The normalized spacial score (nSPS) is 13.1. The number of hydrogen-bond acceptors (Lipinski definition) is 4. The first-order valence-corrected chi connectivity index (χ1v) is 9.07. The Morgan fingerprint density at radius 2 is 1.81 bits per heavy atom. The van der Waals surface area contributed by atoms with Gasteiger partial charge in [0.2, 0.25) is 0 Å². The predicted molar refractivity (Wildman–Crippen MR) is 102 cm³/mol. The molecule has 142 valence electrons. The van der Waals surface area contributed by atoms with E-state index in [4.69, 9.17) is 14.6 Å². The van der Waals surface area contributed by atoms with Crippen LogP contribution >= 0.6 is 0 Å². The second-order valence-corrected chi connectivity index (χ2v) is 6.47. The summed E-state index contributed by atoms with van der Waals surface area (Å²) in [6.45, 7) is 2.42. The predicted octanol–water partition coefficient (Wildman–Crippen LogP) is 3.61. The maximum atomic E-state index is 13.2. The summed E-state index contributed by atoms with van der Waals surface area (Å²) in [4.78, 5) is 25.7. The first kappa shape index (κ1) is 18.8. The third-order valence-electron chi connectivity index (χ3n) is 4.29. The molecule has 2 aromatic carbocycles. The zero-order chi connectivity index (χ0) is 19.2. The fourth-order valence-electron chi connectivity index (χ4n) is 2.80. The van der Waals surface area contributed by atoms with E-state index in [1.807, 2.05) is 37.3 Å². The summed E-state index contributed by atoms with van der Waals surface area (Å²) in [5, 5.41) is 8.80. The molecule has 0 aromatic heterocycles. The molecule has 0 saturated heterocycles. The number of rotatable bonds is 9. The van der Waals surface area contributed by atoms with Crippen molar-refractivity contribution in [1.82, 2.24) is 0 Å². The average Bonchev–Trinajstić information content (AvgIpc) is 3.49. The molecule has 2 aromatic rings. The number of carboxylic acids is 1. The highest BCUT2D eigenvalue weighted by Crippen LogP contribution is 2.33. The van der Waals surface area contributed by atoms with Gasteiger partial charge in [0, 0.05) is 17.8 Å².